The summed E-state index contributed by atoms with van der Waals surface area (Å²) in [5, 5.41) is 0. The molecule has 0 unspecified atom stereocenters. The van der Waals surface area contributed by atoms with Crippen LogP contribution >= 0.6 is 0 Å². The quantitative estimate of drug-likeness (QED) is 0.651. The van der Waals surface area contributed by atoms with E-state index in [4.69, 9.17) is 0 Å². The van der Waals surface area contributed by atoms with Crippen molar-refractivity contribution in [1.29, 1.82) is 0 Å². The van der Waals surface area contributed by atoms with Gasteiger partial charge in [0, 0.05) is 18.4 Å². The summed E-state index contributed by atoms with van der Waals surface area (Å²) < 4.78 is 2.42. The summed E-state index contributed by atoms with van der Waals surface area (Å²) in [4.78, 5) is 0. The lowest BCUT2D eigenvalue weighted by atomic mass is 10.2. The first kappa shape index (κ1) is 10.4. The van der Waals surface area contributed by atoms with Crippen LogP contribution in [0.3, 0.4) is 0 Å². The first-order valence-corrected chi connectivity index (χ1v) is 5.44. The Kier molecular flexibility index (Phi) is 4.07. The summed E-state index contributed by atoms with van der Waals surface area (Å²) in [6.07, 6.45) is 7.28. The number of rotatable bonds is 5. The molecule has 0 aromatic carbocycles. The highest BCUT2D eigenvalue weighted by Gasteiger charge is 2.03. The Hall–Kier alpha value is -0.720. The molecular weight excluding hydrogens is 158 g/mol. The van der Waals surface area contributed by atoms with Crippen LogP contribution in [0, 0.1) is 6.92 Å². The van der Waals surface area contributed by atoms with Crippen LogP contribution in [0.4, 0.5) is 0 Å². The van der Waals surface area contributed by atoms with Crippen LogP contribution in [0.15, 0.2) is 12.3 Å². The Morgan fingerprint density at radius 3 is 2.62 bits per heavy atom. The Labute approximate surface area is 81.8 Å². The fraction of sp³-hybridized carbons (Fsp3) is 0.667. The molecular formula is C12H21N. The fourth-order valence-corrected chi connectivity index (χ4v) is 1.73. The van der Waals surface area contributed by atoms with Gasteiger partial charge in [0.25, 0.3) is 0 Å². The van der Waals surface area contributed by atoms with Gasteiger partial charge in [0.1, 0.15) is 0 Å². The lowest BCUT2D eigenvalue weighted by Crippen LogP contribution is -2.02. The van der Waals surface area contributed by atoms with Crippen molar-refractivity contribution in [2.45, 2.75) is 53.0 Å². The zero-order valence-corrected chi connectivity index (χ0v) is 9.14. The van der Waals surface area contributed by atoms with Gasteiger partial charge in [-0.25, -0.2) is 0 Å². The van der Waals surface area contributed by atoms with E-state index in [0.717, 1.165) is 0 Å². The third kappa shape index (κ3) is 2.61. The van der Waals surface area contributed by atoms with Gasteiger partial charge < -0.3 is 4.57 Å². The lowest BCUT2D eigenvalue weighted by molar-refractivity contribution is 0.605. The minimum atomic E-state index is 1.19. The molecule has 0 fully saturated rings. The summed E-state index contributed by atoms with van der Waals surface area (Å²) in [5.74, 6) is 0. The summed E-state index contributed by atoms with van der Waals surface area (Å²) in [6.45, 7) is 7.90. The predicted molar refractivity (Wildman–Crippen MR) is 58.1 cm³/mol. The van der Waals surface area contributed by atoms with E-state index in [9.17, 15) is 0 Å². The van der Waals surface area contributed by atoms with Crippen LogP contribution in [-0.2, 0) is 13.0 Å². The first-order valence-electron chi connectivity index (χ1n) is 5.44. The van der Waals surface area contributed by atoms with Gasteiger partial charge in [-0.15, -0.1) is 0 Å². The number of aromatic nitrogens is 1. The average Bonchev–Trinajstić information content (AvgIpc) is 2.46. The van der Waals surface area contributed by atoms with Gasteiger partial charge in [-0.2, -0.15) is 0 Å². The monoisotopic (exact) mass is 179 g/mol. The Balaban J connectivity index is 2.68. The van der Waals surface area contributed by atoms with Crippen molar-refractivity contribution in [3.8, 4) is 0 Å². The van der Waals surface area contributed by atoms with Gasteiger partial charge in [0.05, 0.1) is 0 Å². The minimum Gasteiger partial charge on any atom is -0.351 e. The molecule has 74 valence electrons. The molecule has 0 bridgehead atoms. The van der Waals surface area contributed by atoms with E-state index in [1.165, 1.54) is 43.5 Å². The third-order valence-corrected chi connectivity index (χ3v) is 2.55. The summed E-state index contributed by atoms with van der Waals surface area (Å²) in [5.41, 5.74) is 2.99. The normalized spacial score (nSPS) is 10.7. The van der Waals surface area contributed by atoms with Crippen molar-refractivity contribution < 1.29 is 0 Å². The zero-order valence-electron chi connectivity index (χ0n) is 9.14. The van der Waals surface area contributed by atoms with Gasteiger partial charge in [-0.3, -0.25) is 0 Å². The maximum atomic E-state index is 2.42. The molecule has 0 amide bonds. The minimum absolute atomic E-state index is 1.19. The molecule has 0 spiro atoms. The van der Waals surface area contributed by atoms with Crippen molar-refractivity contribution in [1.82, 2.24) is 4.57 Å². The highest BCUT2D eigenvalue weighted by Crippen LogP contribution is 2.13. The fourth-order valence-electron chi connectivity index (χ4n) is 1.73. The molecule has 1 aromatic heterocycles. The Bertz CT molecular complexity index is 248. The molecule has 0 N–H and O–H groups in total. The molecule has 1 rings (SSSR count). The molecule has 1 heterocycles. The predicted octanol–water partition coefficient (Wildman–Crippen LogP) is 3.55. The maximum Gasteiger partial charge on any atom is 0.0222 e. The number of hydrogen-bond acceptors (Lipinski definition) is 0. The molecule has 1 aromatic rings. The van der Waals surface area contributed by atoms with Crippen molar-refractivity contribution >= 4 is 0 Å². The Morgan fingerprint density at radius 2 is 2.00 bits per heavy atom. The average molecular weight is 179 g/mol. The first-order chi connectivity index (χ1) is 6.29. The van der Waals surface area contributed by atoms with Gasteiger partial charge >= 0.3 is 0 Å². The topological polar surface area (TPSA) is 4.93 Å². The van der Waals surface area contributed by atoms with Crippen LogP contribution in [0.5, 0.6) is 0 Å². The van der Waals surface area contributed by atoms with Crippen LogP contribution in [0.2, 0.25) is 0 Å². The van der Waals surface area contributed by atoms with Crippen LogP contribution in [0.25, 0.3) is 0 Å². The molecule has 1 heteroatoms. The number of hydrogen-bond donors (Lipinski definition) is 0. The molecule has 0 saturated carbocycles. The second-order valence-electron chi connectivity index (χ2n) is 3.74. The molecule has 1 nitrogen and oxygen atoms in total. The molecule has 13 heavy (non-hydrogen) atoms. The van der Waals surface area contributed by atoms with E-state index in [-0.39, 0.29) is 0 Å². The van der Waals surface area contributed by atoms with Crippen molar-refractivity contribution in [2.75, 3.05) is 0 Å². The maximum absolute atomic E-state index is 2.42. The van der Waals surface area contributed by atoms with Crippen LogP contribution < -0.4 is 0 Å². The number of nitrogens with zero attached hydrogens (tertiary/aromatic N) is 1. The van der Waals surface area contributed by atoms with E-state index >= 15 is 0 Å². The summed E-state index contributed by atoms with van der Waals surface area (Å²) >= 11 is 0. The largest absolute Gasteiger partial charge is 0.351 e. The SMILES string of the molecule is CCCCn1ccc(C)c1CCC. The highest BCUT2D eigenvalue weighted by molar-refractivity contribution is 5.20. The smallest absolute Gasteiger partial charge is 0.0222 e. The number of aryl methyl sites for hydroxylation is 2. The highest BCUT2D eigenvalue weighted by atomic mass is 15.0. The molecule has 0 aliphatic carbocycles. The van der Waals surface area contributed by atoms with Crippen molar-refractivity contribution in [3.63, 3.8) is 0 Å². The zero-order chi connectivity index (χ0) is 9.68. The van der Waals surface area contributed by atoms with Gasteiger partial charge in [0.15, 0.2) is 0 Å². The summed E-state index contributed by atoms with van der Waals surface area (Å²) in [6, 6.07) is 2.24. The van der Waals surface area contributed by atoms with Gasteiger partial charge in [-0.1, -0.05) is 26.7 Å². The molecule has 0 aliphatic heterocycles. The molecule has 0 radical (unpaired) electrons. The van der Waals surface area contributed by atoms with Crippen molar-refractivity contribution in [2.24, 2.45) is 0 Å². The summed E-state index contributed by atoms with van der Waals surface area (Å²) in [7, 11) is 0. The second-order valence-corrected chi connectivity index (χ2v) is 3.74. The number of unbranched alkanes of at least 4 members (excludes halogenated alkanes) is 1. The van der Waals surface area contributed by atoms with Gasteiger partial charge in [0.2, 0.25) is 0 Å². The van der Waals surface area contributed by atoms with E-state index in [1.807, 2.05) is 0 Å². The second kappa shape index (κ2) is 5.11. The van der Waals surface area contributed by atoms with Crippen LogP contribution in [0.1, 0.15) is 44.4 Å². The molecule has 0 atom stereocenters. The molecule has 0 saturated heterocycles. The van der Waals surface area contributed by atoms with E-state index < -0.39 is 0 Å². The van der Waals surface area contributed by atoms with E-state index in [1.54, 1.807) is 0 Å². The Morgan fingerprint density at radius 1 is 1.23 bits per heavy atom. The van der Waals surface area contributed by atoms with Gasteiger partial charge in [-0.05, 0) is 31.4 Å². The third-order valence-electron chi connectivity index (χ3n) is 2.55. The lowest BCUT2D eigenvalue weighted by Gasteiger charge is -2.08. The standard InChI is InChI=1S/C12H21N/c1-4-6-9-13-10-8-11(3)12(13)7-5-2/h8,10H,4-7,9H2,1-3H3. The van der Waals surface area contributed by atoms with Crippen LogP contribution in [-0.4, -0.2) is 4.57 Å². The van der Waals surface area contributed by atoms with Crippen molar-refractivity contribution in [3.05, 3.63) is 23.5 Å². The molecule has 0 aliphatic rings. The van der Waals surface area contributed by atoms with E-state index in [0.29, 0.717) is 0 Å². The van der Waals surface area contributed by atoms with E-state index in [2.05, 4.69) is 37.6 Å².